The molecule has 0 unspecified atom stereocenters. The van der Waals surface area contributed by atoms with E-state index < -0.39 is 39.4 Å². The lowest BCUT2D eigenvalue weighted by molar-refractivity contribution is -0.385. The number of halogens is 2. The van der Waals surface area contributed by atoms with Gasteiger partial charge >= 0.3 is 0 Å². The minimum atomic E-state index is -0.692. The monoisotopic (exact) mass is 620 g/mol. The van der Waals surface area contributed by atoms with Crippen LogP contribution in [-0.4, -0.2) is 47.2 Å². The molecule has 11 nitrogen and oxygen atoms in total. The van der Waals surface area contributed by atoms with Crippen LogP contribution in [0, 0.1) is 43.9 Å². The quantitative estimate of drug-likeness (QED) is 0.206. The number of nitrogens with zero attached hydrogens (tertiary/aromatic N) is 4. The Morgan fingerprint density at radius 3 is 1.75 bits per heavy atom. The van der Waals surface area contributed by atoms with Crippen LogP contribution in [0.25, 0.3) is 0 Å². The van der Waals surface area contributed by atoms with Gasteiger partial charge in [0.05, 0.1) is 28.2 Å². The van der Waals surface area contributed by atoms with Crippen LogP contribution in [-0.2, 0) is 16.1 Å². The number of hydrogen-bond donors (Lipinski definition) is 0. The molecule has 2 bridgehead atoms. The van der Waals surface area contributed by atoms with Gasteiger partial charge in [-0.2, -0.15) is 5.01 Å². The zero-order valence-electron chi connectivity index (χ0n) is 18.4. The number of rotatable bonds is 6. The summed E-state index contributed by atoms with van der Waals surface area (Å²) in [6.45, 7) is -0.199. The molecule has 3 fully saturated rings. The van der Waals surface area contributed by atoms with Gasteiger partial charge in [-0.1, -0.05) is 44.0 Å². The fourth-order valence-electron chi connectivity index (χ4n) is 5.58. The Balaban J connectivity index is 1.51. The van der Waals surface area contributed by atoms with Gasteiger partial charge in [-0.25, -0.2) is 5.01 Å². The van der Waals surface area contributed by atoms with E-state index >= 15 is 0 Å². The summed E-state index contributed by atoms with van der Waals surface area (Å²) in [6, 6.07) is 10.3. The van der Waals surface area contributed by atoms with Crippen molar-refractivity contribution >= 4 is 61.0 Å². The molecule has 3 aliphatic rings. The first-order chi connectivity index (χ1) is 17.1. The van der Waals surface area contributed by atoms with Gasteiger partial charge in [0.15, 0.2) is 0 Å². The molecule has 6 atom stereocenters. The van der Waals surface area contributed by atoms with Gasteiger partial charge in [-0.15, -0.1) is 0 Å². The molecule has 2 aromatic rings. The molecule has 13 heteroatoms. The maximum absolute atomic E-state index is 13.6. The van der Waals surface area contributed by atoms with E-state index in [1.165, 1.54) is 48.5 Å². The van der Waals surface area contributed by atoms with Crippen molar-refractivity contribution < 1.29 is 24.2 Å². The van der Waals surface area contributed by atoms with Crippen molar-refractivity contribution in [2.24, 2.45) is 23.7 Å². The lowest BCUT2D eigenvalue weighted by atomic mass is 9.81. The highest BCUT2D eigenvalue weighted by Crippen LogP contribution is 2.60. The van der Waals surface area contributed by atoms with Crippen molar-refractivity contribution in [2.45, 2.75) is 22.6 Å². The van der Waals surface area contributed by atoms with E-state index in [-0.39, 0.29) is 45.0 Å². The van der Waals surface area contributed by atoms with Crippen molar-refractivity contribution in [1.82, 2.24) is 10.0 Å². The predicted octanol–water partition coefficient (Wildman–Crippen LogP) is 3.84. The molecule has 2 aliphatic carbocycles. The summed E-state index contributed by atoms with van der Waals surface area (Å²) in [6.07, 6.45) is 0.727. The standard InChI is InChI=1S/C23H18Br2N4O7/c24-19-15-9-16(20(19)25)18-17(15)22(31)27(23(18)32)26(10-11-1-5-13(6-2-11)28(33)34)21(30)12-3-7-14(8-4-12)29(35)36/h1-8,15-20H,9-10H2/t15-,16-,17-,18-,19-,20+/m1/s1. The number of alkyl halides is 2. The summed E-state index contributed by atoms with van der Waals surface area (Å²) < 4.78 is 0. The van der Waals surface area contributed by atoms with Crippen LogP contribution in [0.3, 0.4) is 0 Å². The van der Waals surface area contributed by atoms with Gasteiger partial charge in [0.2, 0.25) is 0 Å². The average Bonchev–Trinajstić information content (AvgIpc) is 3.47. The number of nitro groups is 2. The van der Waals surface area contributed by atoms with Crippen LogP contribution in [0.2, 0.25) is 0 Å². The average molecular weight is 622 g/mol. The maximum Gasteiger partial charge on any atom is 0.273 e. The lowest BCUT2D eigenvalue weighted by Crippen LogP contribution is -2.50. The van der Waals surface area contributed by atoms with Gasteiger partial charge < -0.3 is 0 Å². The van der Waals surface area contributed by atoms with Crippen molar-refractivity contribution in [3.8, 4) is 0 Å². The molecule has 1 heterocycles. The minimum absolute atomic E-state index is 0.0222. The first-order valence-electron chi connectivity index (χ1n) is 11.1. The third-order valence-electron chi connectivity index (χ3n) is 7.24. The second-order valence-electron chi connectivity index (χ2n) is 9.08. The number of amides is 3. The van der Waals surface area contributed by atoms with E-state index in [0.717, 1.165) is 16.4 Å². The normalized spacial score (nSPS) is 28.3. The summed E-state index contributed by atoms with van der Waals surface area (Å²) in [5.41, 5.74) is 0.172. The SMILES string of the molecule is O=C(c1ccc([N+](=O)[O-])cc1)N(Cc1ccc([N+](=O)[O-])cc1)N1C(=O)[C@@H]2[C@H]3C[C@@H]([C@@H](Br)[C@H]3Br)[C@H]2C1=O. The number of benzene rings is 2. The zero-order valence-corrected chi connectivity index (χ0v) is 21.6. The molecule has 186 valence electrons. The fraction of sp³-hybridized carbons (Fsp3) is 0.348. The molecule has 2 aromatic carbocycles. The number of hydrazine groups is 1. The Kier molecular flexibility index (Phi) is 6.15. The summed E-state index contributed by atoms with van der Waals surface area (Å²) >= 11 is 7.28. The predicted molar refractivity (Wildman–Crippen MR) is 132 cm³/mol. The second-order valence-corrected chi connectivity index (χ2v) is 11.2. The topological polar surface area (TPSA) is 144 Å². The van der Waals surface area contributed by atoms with E-state index in [1.807, 2.05) is 0 Å². The smallest absolute Gasteiger partial charge is 0.272 e. The fourth-order valence-corrected chi connectivity index (χ4v) is 7.45. The van der Waals surface area contributed by atoms with Crippen LogP contribution in [0.1, 0.15) is 22.3 Å². The maximum atomic E-state index is 13.6. The highest BCUT2D eigenvalue weighted by molar-refractivity contribution is 9.12. The van der Waals surface area contributed by atoms with Gasteiger partial charge in [-0.3, -0.25) is 34.6 Å². The van der Waals surface area contributed by atoms with Crippen molar-refractivity contribution in [2.75, 3.05) is 0 Å². The second kappa shape index (κ2) is 9.04. The highest BCUT2D eigenvalue weighted by atomic mass is 79.9. The number of nitro benzene ring substituents is 2. The van der Waals surface area contributed by atoms with Gasteiger partial charge in [0.25, 0.3) is 29.1 Å². The number of carbonyl (C=O) groups excluding carboxylic acids is 3. The molecule has 5 rings (SSSR count). The Bertz CT molecular complexity index is 1250. The van der Waals surface area contributed by atoms with E-state index in [2.05, 4.69) is 31.9 Å². The highest BCUT2D eigenvalue weighted by Gasteiger charge is 2.67. The zero-order chi connectivity index (χ0) is 25.9. The van der Waals surface area contributed by atoms with Crippen molar-refractivity contribution in [1.29, 1.82) is 0 Å². The van der Waals surface area contributed by atoms with Crippen molar-refractivity contribution in [3.63, 3.8) is 0 Å². The van der Waals surface area contributed by atoms with Crippen LogP contribution in [0.4, 0.5) is 11.4 Å². The number of fused-ring (bicyclic) bond motifs is 5. The molecule has 0 radical (unpaired) electrons. The first kappa shape index (κ1) is 24.5. The molecule has 0 aromatic heterocycles. The van der Waals surface area contributed by atoms with Gasteiger partial charge in [-0.05, 0) is 36.0 Å². The van der Waals surface area contributed by atoms with E-state index in [4.69, 9.17) is 0 Å². The molecular formula is C23H18Br2N4O7. The van der Waals surface area contributed by atoms with Crippen LogP contribution in [0.15, 0.2) is 48.5 Å². The van der Waals surface area contributed by atoms with Crippen molar-refractivity contribution in [3.05, 3.63) is 79.9 Å². The molecule has 1 aliphatic heterocycles. The Hall–Kier alpha value is -3.19. The molecule has 2 saturated carbocycles. The molecule has 1 saturated heterocycles. The lowest BCUT2D eigenvalue weighted by Gasteiger charge is -2.31. The summed E-state index contributed by atoms with van der Waals surface area (Å²) in [7, 11) is 0. The molecule has 3 amide bonds. The first-order valence-corrected chi connectivity index (χ1v) is 12.9. The van der Waals surface area contributed by atoms with E-state index in [0.29, 0.717) is 5.56 Å². The van der Waals surface area contributed by atoms with Gasteiger partial charge in [0.1, 0.15) is 0 Å². The number of hydrogen-bond acceptors (Lipinski definition) is 7. The summed E-state index contributed by atoms with van der Waals surface area (Å²) in [5.74, 6) is -2.82. The van der Waals surface area contributed by atoms with E-state index in [1.54, 1.807) is 0 Å². The summed E-state index contributed by atoms with van der Waals surface area (Å²) in [5, 5.41) is 24.0. The number of non-ortho nitro benzene ring substituents is 2. The third-order valence-corrected chi connectivity index (χ3v) is 10.5. The molecule has 0 spiro atoms. The van der Waals surface area contributed by atoms with Gasteiger partial charge in [0, 0.05) is 39.5 Å². The number of carbonyl (C=O) groups is 3. The summed E-state index contributed by atoms with van der Waals surface area (Å²) in [4.78, 5) is 61.7. The number of imide groups is 1. The third kappa shape index (κ3) is 3.81. The Morgan fingerprint density at radius 1 is 0.861 bits per heavy atom. The van der Waals surface area contributed by atoms with Crippen LogP contribution in [0.5, 0.6) is 0 Å². The molecule has 36 heavy (non-hydrogen) atoms. The Labute approximate surface area is 221 Å². The van der Waals surface area contributed by atoms with E-state index in [9.17, 15) is 34.6 Å². The Morgan fingerprint density at radius 2 is 1.31 bits per heavy atom. The van der Waals surface area contributed by atoms with Crippen LogP contribution >= 0.6 is 31.9 Å². The molecule has 0 N–H and O–H groups in total. The van der Waals surface area contributed by atoms with Crippen LogP contribution < -0.4 is 0 Å². The minimum Gasteiger partial charge on any atom is -0.272 e. The molecular weight excluding hydrogens is 604 g/mol. The largest absolute Gasteiger partial charge is 0.273 e.